The summed E-state index contributed by atoms with van der Waals surface area (Å²) in [5.74, 6) is 5.03. The molecular formula is C20H38N2Si. The van der Waals surface area contributed by atoms with Crippen LogP contribution in [0.3, 0.4) is 0 Å². The largest absolute Gasteiger partial charge is 0.340 e. The van der Waals surface area contributed by atoms with Crippen molar-refractivity contribution in [3.63, 3.8) is 0 Å². The molecule has 0 aromatic carbocycles. The van der Waals surface area contributed by atoms with E-state index in [0.717, 1.165) is 47.2 Å². The maximum atomic E-state index is 3.87. The van der Waals surface area contributed by atoms with Crippen molar-refractivity contribution in [2.24, 2.45) is 29.6 Å². The van der Waals surface area contributed by atoms with Crippen LogP contribution >= 0.6 is 0 Å². The summed E-state index contributed by atoms with van der Waals surface area (Å²) in [6.45, 7) is 7.78. The van der Waals surface area contributed by atoms with Gasteiger partial charge in [0, 0.05) is 12.1 Å². The number of hydrogen-bond acceptors (Lipinski definition) is 2. The average molecular weight is 335 g/mol. The smallest absolute Gasteiger partial charge is 0.122 e. The van der Waals surface area contributed by atoms with E-state index in [9.17, 15) is 0 Å². The van der Waals surface area contributed by atoms with Gasteiger partial charge >= 0.3 is 0 Å². The molecule has 8 unspecified atom stereocenters. The second-order valence-electron chi connectivity index (χ2n) is 9.99. The summed E-state index contributed by atoms with van der Waals surface area (Å²) in [6, 6.07) is 1.83. The Labute approximate surface area is 144 Å². The fraction of sp³-hybridized carbons (Fsp3) is 1.00. The zero-order valence-corrected chi connectivity index (χ0v) is 17.0. The quantitative estimate of drug-likeness (QED) is 0.756. The summed E-state index contributed by atoms with van der Waals surface area (Å²) in [5.41, 5.74) is 1.02. The Morgan fingerprint density at radius 1 is 0.957 bits per heavy atom. The zero-order chi connectivity index (χ0) is 16.4. The Kier molecular flexibility index (Phi) is 4.22. The zero-order valence-electron chi connectivity index (χ0n) is 16.0. The van der Waals surface area contributed by atoms with E-state index >= 15 is 0 Å². The van der Waals surface area contributed by atoms with Crippen molar-refractivity contribution in [1.29, 1.82) is 0 Å². The Bertz CT molecular complexity index is 451. The first kappa shape index (κ1) is 16.6. The van der Waals surface area contributed by atoms with Crippen LogP contribution in [0.1, 0.15) is 51.9 Å². The van der Waals surface area contributed by atoms with E-state index in [2.05, 4.69) is 44.0 Å². The number of likely N-dealkylation sites (tertiary alicyclic amines) is 1. The predicted octanol–water partition coefficient (Wildman–Crippen LogP) is 4.34. The molecule has 3 heteroatoms. The first-order chi connectivity index (χ1) is 11.0. The molecule has 0 aromatic rings. The Morgan fingerprint density at radius 2 is 1.65 bits per heavy atom. The molecule has 0 amide bonds. The standard InChI is InChI=1S/C20H38N2Si/c1-13-10-11-17-16(12-13)18-19(22(17)3)14-8-6-7-9-15(14)20(18)23(4,5)21-2/h13-21H,6-12H2,1-5H3. The Hall–Kier alpha value is 0.137. The number of rotatable bonds is 2. The molecule has 0 aromatic heterocycles. The molecule has 1 aliphatic heterocycles. The highest BCUT2D eigenvalue weighted by Gasteiger charge is 2.64. The van der Waals surface area contributed by atoms with Crippen LogP contribution in [0.5, 0.6) is 0 Å². The molecule has 132 valence electrons. The molecular weight excluding hydrogens is 296 g/mol. The van der Waals surface area contributed by atoms with Gasteiger partial charge in [0.15, 0.2) is 0 Å². The third-order valence-corrected chi connectivity index (χ3v) is 12.4. The molecule has 3 aliphatic carbocycles. The van der Waals surface area contributed by atoms with Crippen molar-refractivity contribution in [3.8, 4) is 0 Å². The van der Waals surface area contributed by atoms with Gasteiger partial charge < -0.3 is 4.98 Å². The molecule has 23 heavy (non-hydrogen) atoms. The first-order valence-corrected chi connectivity index (χ1v) is 13.4. The number of hydrogen-bond donors (Lipinski definition) is 1. The van der Waals surface area contributed by atoms with E-state index in [1.807, 2.05) is 0 Å². The second-order valence-corrected chi connectivity index (χ2v) is 14.6. The van der Waals surface area contributed by atoms with Crippen LogP contribution in [0.4, 0.5) is 0 Å². The van der Waals surface area contributed by atoms with Crippen molar-refractivity contribution in [2.75, 3.05) is 14.1 Å². The average Bonchev–Trinajstić information content (AvgIpc) is 3.02. The molecule has 1 saturated heterocycles. The van der Waals surface area contributed by atoms with Gasteiger partial charge in [-0.2, -0.15) is 0 Å². The van der Waals surface area contributed by atoms with E-state index in [-0.39, 0.29) is 0 Å². The van der Waals surface area contributed by atoms with Crippen LogP contribution in [0.25, 0.3) is 0 Å². The minimum absolute atomic E-state index is 0.910. The Morgan fingerprint density at radius 3 is 2.35 bits per heavy atom. The van der Waals surface area contributed by atoms with Crippen LogP contribution in [0.15, 0.2) is 0 Å². The van der Waals surface area contributed by atoms with Crippen LogP contribution in [-0.2, 0) is 0 Å². The SMILES string of the molecule is CN[Si](C)(C)C1C2CCCCC2C2C1C1CC(C)CCC1N2C. The molecule has 8 atom stereocenters. The lowest BCUT2D eigenvalue weighted by molar-refractivity contribution is 0.109. The molecule has 1 N–H and O–H groups in total. The van der Waals surface area contributed by atoms with E-state index in [1.54, 1.807) is 0 Å². The third kappa shape index (κ3) is 2.40. The van der Waals surface area contributed by atoms with Gasteiger partial charge in [0.2, 0.25) is 0 Å². The first-order valence-electron chi connectivity index (χ1n) is 10.4. The monoisotopic (exact) mass is 334 g/mol. The summed E-state index contributed by atoms with van der Waals surface area (Å²) < 4.78 is 0. The van der Waals surface area contributed by atoms with Gasteiger partial charge in [0.25, 0.3) is 0 Å². The molecule has 0 spiro atoms. The van der Waals surface area contributed by atoms with Gasteiger partial charge in [-0.05, 0) is 74.9 Å². The van der Waals surface area contributed by atoms with Crippen LogP contribution in [0.2, 0.25) is 18.6 Å². The van der Waals surface area contributed by atoms with Crippen molar-refractivity contribution in [2.45, 2.75) is 82.6 Å². The normalized spacial score (nSPS) is 50.5. The summed E-state index contributed by atoms with van der Waals surface area (Å²) in [4.78, 5) is 6.78. The van der Waals surface area contributed by atoms with Gasteiger partial charge in [-0.25, -0.2) is 0 Å². The van der Waals surface area contributed by atoms with E-state index in [4.69, 9.17) is 0 Å². The summed E-state index contributed by atoms with van der Waals surface area (Å²) >= 11 is 0. The van der Waals surface area contributed by atoms with Gasteiger partial charge in [0.05, 0.1) is 0 Å². The predicted molar refractivity (Wildman–Crippen MR) is 101 cm³/mol. The highest BCUT2D eigenvalue weighted by Crippen LogP contribution is 2.64. The van der Waals surface area contributed by atoms with Gasteiger partial charge in [-0.1, -0.05) is 39.3 Å². The third-order valence-electron chi connectivity index (χ3n) is 8.67. The maximum absolute atomic E-state index is 3.87. The highest BCUT2D eigenvalue weighted by molar-refractivity contribution is 6.76. The van der Waals surface area contributed by atoms with Crippen LogP contribution in [-0.4, -0.2) is 39.3 Å². The number of fused-ring (bicyclic) bond motifs is 5. The molecule has 0 radical (unpaired) electrons. The molecule has 1 heterocycles. The lowest BCUT2D eigenvalue weighted by Crippen LogP contribution is -2.51. The van der Waals surface area contributed by atoms with Crippen molar-refractivity contribution in [3.05, 3.63) is 0 Å². The molecule has 4 fully saturated rings. The molecule has 2 nitrogen and oxygen atoms in total. The number of nitrogens with one attached hydrogen (secondary N) is 1. The lowest BCUT2D eigenvalue weighted by Gasteiger charge is -2.44. The summed E-state index contributed by atoms with van der Waals surface area (Å²) in [5, 5.41) is 0. The van der Waals surface area contributed by atoms with E-state index < -0.39 is 8.24 Å². The molecule has 3 saturated carbocycles. The fourth-order valence-electron chi connectivity index (χ4n) is 7.67. The van der Waals surface area contributed by atoms with Crippen LogP contribution < -0.4 is 4.98 Å². The van der Waals surface area contributed by atoms with Crippen molar-refractivity contribution >= 4 is 8.24 Å². The van der Waals surface area contributed by atoms with Gasteiger partial charge in [-0.15, -0.1) is 0 Å². The minimum Gasteiger partial charge on any atom is -0.340 e. The highest BCUT2D eigenvalue weighted by atomic mass is 28.3. The molecule has 4 aliphatic rings. The minimum atomic E-state index is -1.34. The molecule has 0 bridgehead atoms. The lowest BCUT2D eigenvalue weighted by atomic mass is 9.74. The Balaban J connectivity index is 1.73. The topological polar surface area (TPSA) is 15.3 Å². The van der Waals surface area contributed by atoms with E-state index in [1.165, 1.54) is 44.9 Å². The second kappa shape index (κ2) is 5.84. The van der Waals surface area contributed by atoms with Crippen LogP contribution in [0, 0.1) is 29.6 Å². The molecule has 4 rings (SSSR count). The van der Waals surface area contributed by atoms with E-state index in [0.29, 0.717) is 0 Å². The number of nitrogens with zero attached hydrogens (tertiary/aromatic N) is 1. The van der Waals surface area contributed by atoms with Crippen molar-refractivity contribution in [1.82, 2.24) is 9.88 Å². The maximum Gasteiger partial charge on any atom is 0.122 e. The summed E-state index contributed by atoms with van der Waals surface area (Å²) in [6.07, 6.45) is 10.5. The summed E-state index contributed by atoms with van der Waals surface area (Å²) in [7, 11) is 3.42. The van der Waals surface area contributed by atoms with Gasteiger partial charge in [0.1, 0.15) is 8.24 Å². The van der Waals surface area contributed by atoms with Gasteiger partial charge in [-0.3, -0.25) is 4.90 Å². The fourth-order valence-corrected chi connectivity index (χ4v) is 10.9. The van der Waals surface area contributed by atoms with Crippen molar-refractivity contribution < 1.29 is 0 Å².